The maximum Gasteiger partial charge on any atom is 0.264 e. The quantitative estimate of drug-likeness (QED) is 0.653. The zero-order valence-corrected chi connectivity index (χ0v) is 19.1. The first-order valence-corrected chi connectivity index (χ1v) is 12.0. The van der Waals surface area contributed by atoms with Gasteiger partial charge in [0.15, 0.2) is 0 Å². The maximum atomic E-state index is 13.2. The number of amides is 1. The molecule has 4 atom stereocenters. The Morgan fingerprint density at radius 1 is 1.23 bits per heavy atom. The summed E-state index contributed by atoms with van der Waals surface area (Å²) in [5.41, 5.74) is 4.67. The van der Waals surface area contributed by atoms with Gasteiger partial charge in [-0.3, -0.25) is 13.6 Å². The molecule has 1 N–H and O–H groups in total. The molecule has 3 aliphatic heterocycles. The van der Waals surface area contributed by atoms with Gasteiger partial charge in [-0.15, -0.1) is 0 Å². The average Bonchev–Trinajstić information content (AvgIpc) is 2.81. The summed E-state index contributed by atoms with van der Waals surface area (Å²) < 4.78 is 1.68. The number of rotatable bonds is 3. The number of halogens is 1. The normalized spacial score (nSPS) is 26.8. The first-order chi connectivity index (χ1) is 14.6. The van der Waals surface area contributed by atoms with Crippen LogP contribution >= 0.6 is 16.1 Å². The fourth-order valence-corrected chi connectivity index (χ4v) is 6.05. The Bertz CT molecular complexity index is 918. The minimum Gasteiger partial charge on any atom is -0.314 e. The molecule has 3 aliphatic rings. The van der Waals surface area contributed by atoms with Crippen LogP contribution < -0.4 is 5.32 Å². The van der Waals surface area contributed by atoms with Crippen LogP contribution in [0, 0.1) is 5.92 Å². The van der Waals surface area contributed by atoms with Crippen molar-refractivity contribution in [3.63, 3.8) is 0 Å². The van der Waals surface area contributed by atoms with Gasteiger partial charge in [-0.05, 0) is 73.9 Å². The van der Waals surface area contributed by atoms with Crippen LogP contribution in [0.25, 0.3) is 0 Å². The van der Waals surface area contributed by atoms with E-state index in [0.29, 0.717) is 12.1 Å². The van der Waals surface area contributed by atoms with Crippen molar-refractivity contribution < 1.29 is 4.79 Å². The van der Waals surface area contributed by atoms with E-state index < -0.39 is 0 Å². The highest BCUT2D eigenvalue weighted by molar-refractivity contribution is 9.07. The number of hydrogen-bond donors (Lipinski definition) is 1. The van der Waals surface area contributed by atoms with Crippen molar-refractivity contribution in [2.45, 2.75) is 50.7 Å². The Kier molecular flexibility index (Phi) is 5.69. The van der Waals surface area contributed by atoms with E-state index in [1.54, 1.807) is 3.93 Å². The van der Waals surface area contributed by atoms with E-state index in [0.717, 1.165) is 36.6 Å². The van der Waals surface area contributed by atoms with Crippen molar-refractivity contribution in [3.8, 4) is 0 Å². The predicted molar refractivity (Wildman–Crippen MR) is 124 cm³/mol. The summed E-state index contributed by atoms with van der Waals surface area (Å²) in [6.07, 6.45) is 4.91. The van der Waals surface area contributed by atoms with Crippen LogP contribution in [0.15, 0.2) is 48.5 Å². The molecule has 2 fully saturated rings. The largest absolute Gasteiger partial charge is 0.314 e. The van der Waals surface area contributed by atoms with E-state index in [1.165, 1.54) is 36.9 Å². The average molecular weight is 468 g/mol. The summed E-state index contributed by atoms with van der Waals surface area (Å²) in [5, 5.41) is 3.76. The number of piperidine rings is 2. The highest BCUT2D eigenvalue weighted by Gasteiger charge is 2.39. The fraction of sp³-hybridized carbons (Fsp3) is 0.480. The number of hydrogen-bond acceptors (Lipinski definition) is 3. The van der Waals surface area contributed by atoms with Gasteiger partial charge < -0.3 is 5.32 Å². The van der Waals surface area contributed by atoms with Crippen molar-refractivity contribution in [1.82, 2.24) is 14.1 Å². The Morgan fingerprint density at radius 3 is 2.90 bits per heavy atom. The lowest BCUT2D eigenvalue weighted by Gasteiger charge is -2.49. The number of fused-ring (bicyclic) bond motifs is 4. The van der Waals surface area contributed by atoms with E-state index in [4.69, 9.17) is 0 Å². The molecule has 0 radical (unpaired) electrons. The second-order valence-electron chi connectivity index (χ2n) is 9.08. The van der Waals surface area contributed by atoms with Gasteiger partial charge in [0.05, 0.1) is 22.2 Å². The van der Waals surface area contributed by atoms with Crippen molar-refractivity contribution in [3.05, 3.63) is 70.8 Å². The lowest BCUT2D eigenvalue weighted by Crippen LogP contribution is -2.54. The second-order valence-corrected chi connectivity index (χ2v) is 9.84. The monoisotopic (exact) mass is 467 g/mol. The van der Waals surface area contributed by atoms with E-state index >= 15 is 0 Å². The maximum absolute atomic E-state index is 13.2. The molecule has 1 amide bonds. The zero-order chi connectivity index (χ0) is 20.7. The van der Waals surface area contributed by atoms with E-state index in [2.05, 4.69) is 50.6 Å². The Balaban J connectivity index is 1.35. The molecule has 158 valence electrons. The molecule has 2 aromatic carbocycles. The molecule has 5 rings (SSSR count). The molecule has 0 aromatic heterocycles. The van der Waals surface area contributed by atoms with Gasteiger partial charge in [0, 0.05) is 30.7 Å². The van der Waals surface area contributed by atoms with Crippen LogP contribution in [-0.2, 0) is 6.42 Å². The molecule has 4 nitrogen and oxygen atoms in total. The zero-order valence-electron chi connectivity index (χ0n) is 17.6. The summed E-state index contributed by atoms with van der Waals surface area (Å²) in [6.45, 7) is 5.53. The lowest BCUT2D eigenvalue weighted by atomic mass is 9.77. The lowest BCUT2D eigenvalue weighted by molar-refractivity contribution is 0.0551. The van der Waals surface area contributed by atoms with Gasteiger partial charge in [-0.1, -0.05) is 36.4 Å². The summed E-state index contributed by atoms with van der Waals surface area (Å²) in [6, 6.07) is 17.6. The molecule has 0 aliphatic carbocycles. The Morgan fingerprint density at radius 2 is 2.07 bits per heavy atom. The van der Waals surface area contributed by atoms with Crippen molar-refractivity contribution in [1.29, 1.82) is 0 Å². The Hall–Kier alpha value is -1.69. The highest BCUT2D eigenvalue weighted by atomic mass is 79.9. The highest BCUT2D eigenvalue weighted by Crippen LogP contribution is 2.41. The molecule has 0 saturated carbocycles. The molecule has 0 bridgehead atoms. The first kappa shape index (κ1) is 20.2. The molecule has 5 heteroatoms. The van der Waals surface area contributed by atoms with Crippen molar-refractivity contribution in [2.75, 3.05) is 19.6 Å². The van der Waals surface area contributed by atoms with Gasteiger partial charge in [-0.25, -0.2) is 0 Å². The number of benzene rings is 2. The Labute approximate surface area is 188 Å². The summed E-state index contributed by atoms with van der Waals surface area (Å²) in [7, 11) is 0. The van der Waals surface area contributed by atoms with Gasteiger partial charge in [-0.2, -0.15) is 0 Å². The van der Waals surface area contributed by atoms with Crippen LogP contribution in [0.2, 0.25) is 0 Å². The number of carbonyl (C=O) groups excluding carboxylic acids is 1. The van der Waals surface area contributed by atoms with Crippen molar-refractivity contribution >= 4 is 22.1 Å². The van der Waals surface area contributed by atoms with Gasteiger partial charge >= 0.3 is 0 Å². The molecule has 30 heavy (non-hydrogen) atoms. The number of nitrogens with zero attached hydrogens (tertiary/aromatic N) is 2. The minimum absolute atomic E-state index is 0.0224. The third kappa shape index (κ3) is 3.72. The smallest absolute Gasteiger partial charge is 0.264 e. The minimum atomic E-state index is -0.0297. The molecule has 0 spiro atoms. The SMILES string of the molecule is C[C@H](c1ccccc1)N(Br)C(=O)c1ccc2c(c1)CCN1C[C@H]3CCCN[C@H]3C[C@@H]21. The first-order valence-electron chi connectivity index (χ1n) is 11.3. The molecular formula is C25H30BrN3O. The molecule has 0 unspecified atom stereocenters. The summed E-state index contributed by atoms with van der Waals surface area (Å²) in [4.78, 5) is 15.9. The molecule has 2 aromatic rings. The predicted octanol–water partition coefficient (Wildman–Crippen LogP) is 4.87. The van der Waals surface area contributed by atoms with Gasteiger partial charge in [0.1, 0.15) is 0 Å². The fourth-order valence-electron chi connectivity index (χ4n) is 5.61. The summed E-state index contributed by atoms with van der Waals surface area (Å²) in [5.74, 6) is 0.827. The van der Waals surface area contributed by atoms with Crippen molar-refractivity contribution in [2.24, 2.45) is 5.92 Å². The van der Waals surface area contributed by atoms with Gasteiger partial charge in [0.2, 0.25) is 0 Å². The standard InChI is InChI=1S/C25H30BrN3O/c1-17(18-6-3-2-4-7-18)29(26)25(30)20-9-10-22-19(14-20)11-13-28-16-21-8-5-12-27-23(21)15-24(22)28/h2-4,6-7,9-10,14,17,21,23-24,27H,5,8,11-13,15-16H2,1H3/t17-,21-,23+,24+/m1/s1. The summed E-state index contributed by atoms with van der Waals surface area (Å²) >= 11 is 3.54. The molecule has 2 saturated heterocycles. The topological polar surface area (TPSA) is 35.6 Å². The number of carbonyl (C=O) groups is 1. The van der Waals surface area contributed by atoms with Crippen LogP contribution in [0.3, 0.4) is 0 Å². The van der Waals surface area contributed by atoms with Crippen LogP contribution in [-0.4, -0.2) is 40.4 Å². The van der Waals surface area contributed by atoms with E-state index in [1.807, 2.05) is 31.2 Å². The van der Waals surface area contributed by atoms with Gasteiger partial charge in [0.25, 0.3) is 5.91 Å². The second kappa shape index (κ2) is 8.45. The third-order valence-electron chi connectivity index (χ3n) is 7.35. The van der Waals surface area contributed by atoms with Crippen LogP contribution in [0.4, 0.5) is 0 Å². The molecule has 3 heterocycles. The van der Waals surface area contributed by atoms with E-state index in [9.17, 15) is 4.79 Å². The van der Waals surface area contributed by atoms with Crippen LogP contribution in [0.5, 0.6) is 0 Å². The molecular weight excluding hydrogens is 438 g/mol. The van der Waals surface area contributed by atoms with E-state index in [-0.39, 0.29) is 11.9 Å². The number of nitrogens with one attached hydrogen (secondary N) is 1. The third-order valence-corrected chi connectivity index (χ3v) is 8.28. The van der Waals surface area contributed by atoms with Crippen LogP contribution in [0.1, 0.15) is 65.3 Å².